The van der Waals surface area contributed by atoms with Crippen molar-refractivity contribution in [3.05, 3.63) is 64.1 Å². The summed E-state index contributed by atoms with van der Waals surface area (Å²) in [6.07, 6.45) is 0. The summed E-state index contributed by atoms with van der Waals surface area (Å²) < 4.78 is 12.0. The fourth-order valence-corrected chi connectivity index (χ4v) is 4.09. The van der Waals surface area contributed by atoms with Gasteiger partial charge in [0.05, 0.1) is 6.04 Å². The van der Waals surface area contributed by atoms with E-state index in [2.05, 4.69) is 27.8 Å². The normalized spacial score (nSPS) is 16.0. The van der Waals surface area contributed by atoms with Crippen LogP contribution in [-0.2, 0) is 4.79 Å². The standard InChI is InChI=1S/C21H19BrN2O4/c1-12(16-9-18-19(10-17(16)22)28-8-7-27-18)23-20(25)11-24-13(2)14-5-3-4-6-15(14)21(24)26/h3-6,9-10,12H,2,7-8,11H2,1H3,(H,23,25). The van der Waals surface area contributed by atoms with Gasteiger partial charge in [0.2, 0.25) is 5.91 Å². The Kier molecular flexibility index (Phi) is 4.85. The fraction of sp³-hybridized carbons (Fsp3) is 0.238. The lowest BCUT2D eigenvalue weighted by molar-refractivity contribution is -0.121. The van der Waals surface area contributed by atoms with Crippen molar-refractivity contribution < 1.29 is 19.1 Å². The molecule has 0 spiro atoms. The van der Waals surface area contributed by atoms with E-state index >= 15 is 0 Å². The van der Waals surface area contributed by atoms with Gasteiger partial charge in [0.25, 0.3) is 5.91 Å². The molecule has 0 fully saturated rings. The lowest BCUT2D eigenvalue weighted by Crippen LogP contribution is -2.38. The van der Waals surface area contributed by atoms with Crippen LogP contribution in [0.25, 0.3) is 5.70 Å². The Morgan fingerprint density at radius 2 is 1.86 bits per heavy atom. The summed E-state index contributed by atoms with van der Waals surface area (Å²) in [4.78, 5) is 26.6. The van der Waals surface area contributed by atoms with E-state index in [9.17, 15) is 9.59 Å². The van der Waals surface area contributed by atoms with Crippen LogP contribution in [0.2, 0.25) is 0 Å². The number of nitrogens with one attached hydrogen (secondary N) is 1. The van der Waals surface area contributed by atoms with Gasteiger partial charge in [-0.3, -0.25) is 14.5 Å². The average molecular weight is 443 g/mol. The molecule has 0 aliphatic carbocycles. The van der Waals surface area contributed by atoms with Crippen LogP contribution < -0.4 is 14.8 Å². The Morgan fingerprint density at radius 3 is 2.54 bits per heavy atom. The largest absolute Gasteiger partial charge is 0.486 e. The van der Waals surface area contributed by atoms with Gasteiger partial charge >= 0.3 is 0 Å². The quantitative estimate of drug-likeness (QED) is 0.786. The van der Waals surface area contributed by atoms with E-state index in [0.29, 0.717) is 36.0 Å². The van der Waals surface area contributed by atoms with Crippen LogP contribution in [0.5, 0.6) is 11.5 Å². The molecule has 2 aliphatic rings. The summed E-state index contributed by atoms with van der Waals surface area (Å²) in [5, 5.41) is 2.94. The van der Waals surface area contributed by atoms with E-state index in [4.69, 9.17) is 9.47 Å². The first-order valence-electron chi connectivity index (χ1n) is 8.94. The number of halogens is 1. The highest BCUT2D eigenvalue weighted by atomic mass is 79.9. The first kappa shape index (κ1) is 18.6. The summed E-state index contributed by atoms with van der Waals surface area (Å²) >= 11 is 3.53. The number of ether oxygens (including phenoxy) is 2. The van der Waals surface area contributed by atoms with Crippen molar-refractivity contribution in [2.75, 3.05) is 19.8 Å². The average Bonchev–Trinajstić information content (AvgIpc) is 2.92. The van der Waals surface area contributed by atoms with Crippen molar-refractivity contribution in [1.82, 2.24) is 10.2 Å². The summed E-state index contributed by atoms with van der Waals surface area (Å²) in [7, 11) is 0. The smallest absolute Gasteiger partial charge is 0.259 e. The molecule has 2 heterocycles. The maximum atomic E-state index is 12.6. The minimum Gasteiger partial charge on any atom is -0.486 e. The van der Waals surface area contributed by atoms with Crippen molar-refractivity contribution in [2.24, 2.45) is 0 Å². The highest BCUT2D eigenvalue weighted by Gasteiger charge is 2.32. The molecule has 6 nitrogen and oxygen atoms in total. The highest BCUT2D eigenvalue weighted by molar-refractivity contribution is 9.10. The van der Waals surface area contributed by atoms with Crippen LogP contribution >= 0.6 is 15.9 Å². The molecule has 4 rings (SSSR count). The molecule has 1 N–H and O–H groups in total. The zero-order chi connectivity index (χ0) is 19.8. The number of nitrogens with zero attached hydrogens (tertiary/aromatic N) is 1. The number of benzene rings is 2. The van der Waals surface area contributed by atoms with Crippen LogP contribution in [0.15, 0.2) is 47.4 Å². The molecule has 2 aliphatic heterocycles. The number of hydrogen-bond acceptors (Lipinski definition) is 4. The molecule has 7 heteroatoms. The third-order valence-corrected chi connectivity index (χ3v) is 5.53. The van der Waals surface area contributed by atoms with Gasteiger partial charge in [0, 0.05) is 21.3 Å². The van der Waals surface area contributed by atoms with Gasteiger partial charge in [-0.05, 0) is 30.7 Å². The second-order valence-corrected chi connectivity index (χ2v) is 7.54. The Bertz CT molecular complexity index is 953. The van der Waals surface area contributed by atoms with Crippen molar-refractivity contribution in [2.45, 2.75) is 13.0 Å². The lowest BCUT2D eigenvalue weighted by Gasteiger charge is -2.23. The predicted octanol–water partition coefficient (Wildman–Crippen LogP) is 3.52. The SMILES string of the molecule is C=C1c2ccccc2C(=O)N1CC(=O)NC(C)c1cc2c(cc1Br)OCCO2. The van der Waals surface area contributed by atoms with E-state index in [1.807, 2.05) is 31.2 Å². The summed E-state index contributed by atoms with van der Waals surface area (Å²) in [5.74, 6) is 0.863. The van der Waals surface area contributed by atoms with E-state index < -0.39 is 0 Å². The minimum absolute atomic E-state index is 0.0845. The zero-order valence-electron chi connectivity index (χ0n) is 15.3. The molecule has 0 saturated carbocycles. The van der Waals surface area contributed by atoms with E-state index in [-0.39, 0.29) is 24.4 Å². The van der Waals surface area contributed by atoms with Gasteiger partial charge in [-0.1, -0.05) is 40.7 Å². The first-order chi connectivity index (χ1) is 13.5. The molecule has 0 aromatic heterocycles. The molecule has 0 bridgehead atoms. The zero-order valence-corrected chi connectivity index (χ0v) is 16.9. The molecule has 2 aromatic rings. The minimum atomic E-state index is -0.286. The summed E-state index contributed by atoms with van der Waals surface area (Å²) in [5.41, 5.74) is 2.75. The maximum absolute atomic E-state index is 12.6. The Labute approximate surface area is 171 Å². The molecule has 1 atom stereocenters. The van der Waals surface area contributed by atoms with Crippen LogP contribution in [-0.4, -0.2) is 36.5 Å². The Balaban J connectivity index is 1.46. The monoisotopic (exact) mass is 442 g/mol. The summed E-state index contributed by atoms with van der Waals surface area (Å²) in [6, 6.07) is 10.6. The van der Waals surface area contributed by atoms with E-state index in [1.54, 1.807) is 12.1 Å². The molecular formula is C21H19BrN2O4. The number of rotatable bonds is 4. The topological polar surface area (TPSA) is 67.9 Å². The van der Waals surface area contributed by atoms with Gasteiger partial charge in [0.15, 0.2) is 11.5 Å². The van der Waals surface area contributed by atoms with E-state index in [1.165, 1.54) is 4.90 Å². The molecular weight excluding hydrogens is 424 g/mol. The molecule has 144 valence electrons. The molecule has 0 radical (unpaired) electrons. The second kappa shape index (κ2) is 7.31. The first-order valence-corrected chi connectivity index (χ1v) is 9.73. The van der Waals surface area contributed by atoms with Gasteiger partial charge in [-0.2, -0.15) is 0 Å². The lowest BCUT2D eigenvalue weighted by atomic mass is 10.1. The van der Waals surface area contributed by atoms with Crippen molar-refractivity contribution in [3.63, 3.8) is 0 Å². The number of hydrogen-bond donors (Lipinski definition) is 1. The van der Waals surface area contributed by atoms with Gasteiger partial charge in [-0.15, -0.1) is 0 Å². The molecule has 1 unspecified atom stereocenters. The molecule has 2 amide bonds. The Morgan fingerprint density at radius 1 is 1.21 bits per heavy atom. The number of carbonyl (C=O) groups excluding carboxylic acids is 2. The number of amides is 2. The van der Waals surface area contributed by atoms with Crippen LogP contribution in [0.4, 0.5) is 0 Å². The highest BCUT2D eigenvalue weighted by Crippen LogP contribution is 2.38. The predicted molar refractivity (Wildman–Crippen MR) is 108 cm³/mol. The third kappa shape index (κ3) is 3.26. The van der Waals surface area contributed by atoms with E-state index in [0.717, 1.165) is 15.6 Å². The Hall–Kier alpha value is -2.80. The summed E-state index contributed by atoms with van der Waals surface area (Å²) in [6.45, 7) is 6.77. The van der Waals surface area contributed by atoms with Crippen LogP contribution in [0, 0.1) is 0 Å². The molecule has 2 aromatic carbocycles. The van der Waals surface area contributed by atoms with Gasteiger partial charge < -0.3 is 14.8 Å². The van der Waals surface area contributed by atoms with Crippen molar-refractivity contribution in [3.8, 4) is 11.5 Å². The third-order valence-electron chi connectivity index (χ3n) is 4.85. The van der Waals surface area contributed by atoms with Crippen LogP contribution in [0.3, 0.4) is 0 Å². The number of fused-ring (bicyclic) bond motifs is 2. The van der Waals surface area contributed by atoms with Crippen molar-refractivity contribution >= 4 is 33.4 Å². The number of carbonyl (C=O) groups is 2. The van der Waals surface area contributed by atoms with Gasteiger partial charge in [-0.25, -0.2) is 0 Å². The second-order valence-electron chi connectivity index (χ2n) is 6.69. The van der Waals surface area contributed by atoms with Crippen LogP contribution in [0.1, 0.15) is 34.5 Å². The fourth-order valence-electron chi connectivity index (χ4n) is 3.42. The van der Waals surface area contributed by atoms with Gasteiger partial charge in [0.1, 0.15) is 19.8 Å². The van der Waals surface area contributed by atoms with Crippen molar-refractivity contribution in [1.29, 1.82) is 0 Å². The molecule has 0 saturated heterocycles. The maximum Gasteiger partial charge on any atom is 0.259 e. The molecule has 28 heavy (non-hydrogen) atoms.